The third-order valence-electron chi connectivity index (χ3n) is 2.48. The third-order valence-corrected chi connectivity index (χ3v) is 3.70. The Morgan fingerprint density at radius 2 is 2.12 bits per heavy atom. The van der Waals surface area contributed by atoms with Crippen molar-refractivity contribution < 1.29 is 14.7 Å². The average molecular weight is 241 g/mol. The van der Waals surface area contributed by atoms with Crippen molar-refractivity contribution in [3.63, 3.8) is 0 Å². The van der Waals surface area contributed by atoms with Crippen LogP contribution in [0.2, 0.25) is 0 Å². The Morgan fingerprint density at radius 1 is 1.50 bits per heavy atom. The van der Waals surface area contributed by atoms with Gasteiger partial charge in [0.25, 0.3) is 5.91 Å². The van der Waals surface area contributed by atoms with E-state index in [1.165, 1.54) is 30.2 Å². The van der Waals surface area contributed by atoms with Crippen LogP contribution in [0, 0.1) is 0 Å². The smallest absolute Gasteiger partial charge is 0.326 e. The van der Waals surface area contributed by atoms with E-state index in [1.54, 1.807) is 6.07 Å². The fourth-order valence-corrected chi connectivity index (χ4v) is 2.13. The van der Waals surface area contributed by atoms with Crippen LogP contribution in [-0.2, 0) is 11.2 Å². The molecule has 0 saturated carbocycles. The van der Waals surface area contributed by atoms with Gasteiger partial charge in [0.2, 0.25) is 0 Å². The predicted molar refractivity (Wildman–Crippen MR) is 62.9 cm³/mol. The Kier molecular flexibility index (Phi) is 4.06. The summed E-state index contributed by atoms with van der Waals surface area (Å²) in [5, 5.41) is 8.81. The number of thiophene rings is 1. The van der Waals surface area contributed by atoms with E-state index in [1.807, 2.05) is 13.0 Å². The summed E-state index contributed by atoms with van der Waals surface area (Å²) in [5.41, 5.74) is 0. The maximum atomic E-state index is 11.9. The SMILES string of the molecule is CCc1ccc(C(=O)N(C)C(C)C(=O)O)s1. The number of carboxylic acid groups (broad SMARTS) is 1. The van der Waals surface area contributed by atoms with Crippen LogP contribution in [0.4, 0.5) is 0 Å². The lowest BCUT2D eigenvalue weighted by atomic mass is 10.3. The summed E-state index contributed by atoms with van der Waals surface area (Å²) in [6, 6.07) is 2.84. The summed E-state index contributed by atoms with van der Waals surface area (Å²) in [6.07, 6.45) is 0.885. The maximum Gasteiger partial charge on any atom is 0.326 e. The summed E-state index contributed by atoms with van der Waals surface area (Å²) in [4.78, 5) is 25.6. The largest absolute Gasteiger partial charge is 0.480 e. The lowest BCUT2D eigenvalue weighted by Gasteiger charge is -2.20. The molecule has 16 heavy (non-hydrogen) atoms. The molecular formula is C11H15NO3S. The predicted octanol–water partition coefficient (Wildman–Crippen LogP) is 1.86. The van der Waals surface area contributed by atoms with E-state index >= 15 is 0 Å². The van der Waals surface area contributed by atoms with Crippen molar-refractivity contribution in [2.45, 2.75) is 26.3 Å². The highest BCUT2D eigenvalue weighted by molar-refractivity contribution is 7.14. The van der Waals surface area contributed by atoms with Crippen molar-refractivity contribution in [1.82, 2.24) is 4.90 Å². The molecular weight excluding hydrogens is 226 g/mol. The third kappa shape index (κ3) is 2.61. The van der Waals surface area contributed by atoms with Crippen LogP contribution in [0.25, 0.3) is 0 Å². The Morgan fingerprint density at radius 3 is 2.56 bits per heavy atom. The number of aryl methyl sites for hydroxylation is 1. The first-order chi connectivity index (χ1) is 7.47. The zero-order valence-corrected chi connectivity index (χ0v) is 10.4. The van der Waals surface area contributed by atoms with Crippen molar-refractivity contribution in [2.24, 2.45) is 0 Å². The van der Waals surface area contributed by atoms with Gasteiger partial charge in [0.05, 0.1) is 4.88 Å². The summed E-state index contributed by atoms with van der Waals surface area (Å²) < 4.78 is 0. The van der Waals surface area contributed by atoms with Crippen LogP contribution in [0.5, 0.6) is 0 Å². The first-order valence-electron chi connectivity index (χ1n) is 5.06. The molecule has 88 valence electrons. The van der Waals surface area contributed by atoms with Crippen LogP contribution in [0.3, 0.4) is 0 Å². The molecule has 0 aliphatic rings. The molecule has 0 fully saturated rings. The Labute approximate surface area is 98.5 Å². The van der Waals surface area contributed by atoms with E-state index in [4.69, 9.17) is 5.11 Å². The van der Waals surface area contributed by atoms with E-state index in [-0.39, 0.29) is 5.91 Å². The van der Waals surface area contributed by atoms with Crippen molar-refractivity contribution in [3.8, 4) is 0 Å². The minimum atomic E-state index is -0.997. The van der Waals surface area contributed by atoms with Gasteiger partial charge in [-0.2, -0.15) is 0 Å². The summed E-state index contributed by atoms with van der Waals surface area (Å²) in [6.45, 7) is 3.51. The van der Waals surface area contributed by atoms with E-state index in [0.717, 1.165) is 11.3 Å². The lowest BCUT2D eigenvalue weighted by Crippen LogP contribution is -2.39. The molecule has 0 aliphatic carbocycles. The van der Waals surface area contributed by atoms with Gasteiger partial charge in [0.1, 0.15) is 6.04 Å². The highest BCUT2D eigenvalue weighted by Crippen LogP contribution is 2.19. The van der Waals surface area contributed by atoms with Crippen LogP contribution < -0.4 is 0 Å². The average Bonchev–Trinajstić information content (AvgIpc) is 2.74. The molecule has 5 heteroatoms. The minimum absolute atomic E-state index is 0.236. The number of nitrogens with zero attached hydrogens (tertiary/aromatic N) is 1. The molecule has 0 bridgehead atoms. The molecule has 1 aromatic rings. The standard InChI is InChI=1S/C11H15NO3S/c1-4-8-5-6-9(16-8)10(13)12(3)7(2)11(14)15/h5-7H,4H2,1-3H3,(H,14,15). The molecule has 1 heterocycles. The Bertz CT molecular complexity index is 400. The number of carboxylic acids is 1. The zero-order valence-electron chi connectivity index (χ0n) is 9.56. The first kappa shape index (κ1) is 12.7. The van der Waals surface area contributed by atoms with E-state index < -0.39 is 12.0 Å². The summed E-state index contributed by atoms with van der Waals surface area (Å²) >= 11 is 1.41. The molecule has 0 spiro atoms. The molecule has 0 aromatic carbocycles. The highest BCUT2D eigenvalue weighted by Gasteiger charge is 2.23. The molecule has 0 saturated heterocycles. The monoisotopic (exact) mass is 241 g/mol. The number of hydrogen-bond donors (Lipinski definition) is 1. The summed E-state index contributed by atoms with van der Waals surface area (Å²) in [5.74, 6) is -1.23. The van der Waals surface area contributed by atoms with Gasteiger partial charge in [0, 0.05) is 11.9 Å². The van der Waals surface area contributed by atoms with Crippen molar-refractivity contribution in [3.05, 3.63) is 21.9 Å². The van der Waals surface area contributed by atoms with E-state index in [0.29, 0.717) is 4.88 Å². The van der Waals surface area contributed by atoms with Crippen LogP contribution in [-0.4, -0.2) is 35.0 Å². The normalized spacial score (nSPS) is 12.2. The highest BCUT2D eigenvalue weighted by atomic mass is 32.1. The fourth-order valence-electron chi connectivity index (χ4n) is 1.20. The number of likely N-dealkylation sites (N-methyl/N-ethyl adjacent to an activating group) is 1. The molecule has 4 nitrogen and oxygen atoms in total. The van der Waals surface area contributed by atoms with Gasteiger partial charge in [-0.05, 0) is 25.5 Å². The van der Waals surface area contributed by atoms with Gasteiger partial charge in [-0.1, -0.05) is 6.92 Å². The topological polar surface area (TPSA) is 57.6 Å². The number of aliphatic carboxylic acids is 1. The number of amides is 1. The van der Waals surface area contributed by atoms with Gasteiger partial charge in [-0.15, -0.1) is 11.3 Å². The van der Waals surface area contributed by atoms with Crippen molar-refractivity contribution in [1.29, 1.82) is 0 Å². The Hall–Kier alpha value is -1.36. The lowest BCUT2D eigenvalue weighted by molar-refractivity contribution is -0.141. The number of hydrogen-bond acceptors (Lipinski definition) is 3. The minimum Gasteiger partial charge on any atom is -0.480 e. The van der Waals surface area contributed by atoms with E-state index in [2.05, 4.69) is 0 Å². The van der Waals surface area contributed by atoms with Crippen molar-refractivity contribution >= 4 is 23.2 Å². The number of carbonyl (C=O) groups excluding carboxylic acids is 1. The van der Waals surface area contributed by atoms with Crippen molar-refractivity contribution in [2.75, 3.05) is 7.05 Å². The second-order valence-electron chi connectivity index (χ2n) is 3.55. The van der Waals surface area contributed by atoms with Crippen LogP contribution in [0.1, 0.15) is 28.4 Å². The van der Waals surface area contributed by atoms with E-state index in [9.17, 15) is 9.59 Å². The van der Waals surface area contributed by atoms with Crippen LogP contribution >= 0.6 is 11.3 Å². The Balaban J connectivity index is 2.81. The zero-order chi connectivity index (χ0) is 12.3. The van der Waals surface area contributed by atoms with Gasteiger partial charge in [-0.25, -0.2) is 4.79 Å². The molecule has 0 aliphatic heterocycles. The van der Waals surface area contributed by atoms with Gasteiger partial charge >= 0.3 is 5.97 Å². The first-order valence-corrected chi connectivity index (χ1v) is 5.87. The molecule has 1 atom stereocenters. The summed E-state index contributed by atoms with van der Waals surface area (Å²) in [7, 11) is 1.51. The van der Waals surface area contributed by atoms with Crippen LogP contribution in [0.15, 0.2) is 12.1 Å². The molecule has 1 rings (SSSR count). The molecule has 1 aromatic heterocycles. The molecule has 1 unspecified atom stereocenters. The quantitative estimate of drug-likeness (QED) is 0.875. The number of rotatable bonds is 4. The fraction of sp³-hybridized carbons (Fsp3) is 0.455. The van der Waals surface area contributed by atoms with Gasteiger partial charge < -0.3 is 10.0 Å². The molecule has 0 radical (unpaired) electrons. The maximum absolute atomic E-state index is 11.9. The van der Waals surface area contributed by atoms with Gasteiger partial charge in [0.15, 0.2) is 0 Å². The molecule has 1 N–H and O–H groups in total. The second kappa shape index (κ2) is 5.12. The molecule has 1 amide bonds. The van der Waals surface area contributed by atoms with Gasteiger partial charge in [-0.3, -0.25) is 4.79 Å². The second-order valence-corrected chi connectivity index (χ2v) is 4.72. The number of carbonyl (C=O) groups is 2.